The number of ether oxygens (including phenoxy) is 3. The van der Waals surface area contributed by atoms with Gasteiger partial charge in [0.25, 0.3) is 0 Å². The molecule has 0 amide bonds. The molecule has 2 aromatic carbocycles. The molecule has 3 aromatic rings. The van der Waals surface area contributed by atoms with Crippen LogP contribution in [0.25, 0.3) is 0 Å². The first-order chi connectivity index (χ1) is 13.6. The Hall–Kier alpha value is -3.55. The first-order valence-corrected chi connectivity index (χ1v) is 8.80. The molecular formula is C20H23N5O3. The normalized spacial score (nSPS) is 10.5. The molecule has 1 aromatic heterocycles. The zero-order valence-corrected chi connectivity index (χ0v) is 16.3. The molecule has 0 aliphatic carbocycles. The highest BCUT2D eigenvalue weighted by Crippen LogP contribution is 2.31. The van der Waals surface area contributed by atoms with Gasteiger partial charge in [0.15, 0.2) is 5.82 Å². The van der Waals surface area contributed by atoms with Crippen LogP contribution in [0.2, 0.25) is 0 Å². The Kier molecular flexibility index (Phi) is 6.11. The lowest BCUT2D eigenvalue weighted by Crippen LogP contribution is -2.08. The van der Waals surface area contributed by atoms with Gasteiger partial charge >= 0.3 is 0 Å². The lowest BCUT2D eigenvalue weighted by Gasteiger charge is -2.15. The van der Waals surface area contributed by atoms with Crippen molar-refractivity contribution in [2.45, 2.75) is 20.0 Å². The Labute approximate surface area is 163 Å². The van der Waals surface area contributed by atoms with Crippen LogP contribution in [0, 0.1) is 0 Å². The number of benzene rings is 2. The van der Waals surface area contributed by atoms with E-state index in [0.29, 0.717) is 29.0 Å². The Morgan fingerprint density at radius 3 is 2.46 bits per heavy atom. The fourth-order valence-electron chi connectivity index (χ4n) is 2.51. The highest BCUT2D eigenvalue weighted by molar-refractivity contribution is 5.67. The van der Waals surface area contributed by atoms with Gasteiger partial charge in [0.1, 0.15) is 17.2 Å². The van der Waals surface area contributed by atoms with Gasteiger partial charge in [0, 0.05) is 6.07 Å². The summed E-state index contributed by atoms with van der Waals surface area (Å²) in [6.07, 6.45) is 1.60. The maximum atomic E-state index is 5.83. The van der Waals surface area contributed by atoms with Gasteiger partial charge in [-0.25, -0.2) is 0 Å². The van der Waals surface area contributed by atoms with Crippen molar-refractivity contribution in [1.82, 2.24) is 15.2 Å². The van der Waals surface area contributed by atoms with Crippen molar-refractivity contribution in [1.29, 1.82) is 0 Å². The average molecular weight is 381 g/mol. The van der Waals surface area contributed by atoms with Crippen molar-refractivity contribution in [2.75, 3.05) is 24.9 Å². The molecule has 0 unspecified atom stereocenters. The molecule has 2 N–H and O–H groups in total. The van der Waals surface area contributed by atoms with E-state index in [-0.39, 0.29) is 6.10 Å². The summed E-state index contributed by atoms with van der Waals surface area (Å²) in [5.74, 6) is 2.90. The smallest absolute Gasteiger partial charge is 0.249 e. The number of nitrogens with one attached hydrogen (secondary N) is 2. The highest BCUT2D eigenvalue weighted by Gasteiger charge is 2.10. The number of para-hydroxylation sites is 2. The number of hydrogen-bond donors (Lipinski definition) is 2. The highest BCUT2D eigenvalue weighted by atomic mass is 16.5. The quantitative estimate of drug-likeness (QED) is 0.601. The van der Waals surface area contributed by atoms with Crippen molar-refractivity contribution < 1.29 is 14.2 Å². The van der Waals surface area contributed by atoms with Gasteiger partial charge in [0.05, 0.1) is 37.9 Å². The van der Waals surface area contributed by atoms with Crippen LogP contribution in [-0.2, 0) is 0 Å². The van der Waals surface area contributed by atoms with Gasteiger partial charge in [-0.15, -0.1) is 5.10 Å². The zero-order valence-electron chi connectivity index (χ0n) is 16.3. The minimum atomic E-state index is 0.0595. The first kappa shape index (κ1) is 19.2. The minimum absolute atomic E-state index is 0.0595. The third-order valence-corrected chi connectivity index (χ3v) is 3.72. The van der Waals surface area contributed by atoms with E-state index in [0.717, 1.165) is 11.4 Å². The predicted molar refractivity (Wildman–Crippen MR) is 108 cm³/mol. The molecule has 8 nitrogen and oxygen atoms in total. The maximum absolute atomic E-state index is 5.83. The molecule has 0 aliphatic heterocycles. The molecule has 146 valence electrons. The fourth-order valence-corrected chi connectivity index (χ4v) is 2.51. The van der Waals surface area contributed by atoms with Gasteiger partial charge in [0.2, 0.25) is 5.95 Å². The molecule has 0 bridgehead atoms. The van der Waals surface area contributed by atoms with Crippen LogP contribution in [0.1, 0.15) is 13.8 Å². The van der Waals surface area contributed by atoms with Gasteiger partial charge in [-0.2, -0.15) is 10.1 Å². The van der Waals surface area contributed by atoms with Crippen LogP contribution >= 0.6 is 0 Å². The molecular weight excluding hydrogens is 358 g/mol. The molecule has 0 atom stereocenters. The van der Waals surface area contributed by atoms with Crippen LogP contribution in [-0.4, -0.2) is 35.5 Å². The van der Waals surface area contributed by atoms with Crippen LogP contribution in [0.4, 0.5) is 23.1 Å². The molecule has 1 heterocycles. The lowest BCUT2D eigenvalue weighted by molar-refractivity contribution is 0.244. The molecule has 0 saturated carbocycles. The van der Waals surface area contributed by atoms with Crippen molar-refractivity contribution in [2.24, 2.45) is 0 Å². The largest absolute Gasteiger partial charge is 0.497 e. The Balaban J connectivity index is 1.82. The minimum Gasteiger partial charge on any atom is -0.497 e. The Bertz CT molecular complexity index is 933. The van der Waals surface area contributed by atoms with E-state index < -0.39 is 0 Å². The number of hydrogen-bond acceptors (Lipinski definition) is 8. The van der Waals surface area contributed by atoms with Crippen molar-refractivity contribution >= 4 is 23.1 Å². The summed E-state index contributed by atoms with van der Waals surface area (Å²) in [6, 6.07) is 13.1. The number of rotatable bonds is 8. The second kappa shape index (κ2) is 8.90. The molecule has 0 spiro atoms. The van der Waals surface area contributed by atoms with E-state index in [1.165, 1.54) is 0 Å². The second-order valence-electron chi connectivity index (χ2n) is 6.14. The Morgan fingerprint density at radius 1 is 0.893 bits per heavy atom. The van der Waals surface area contributed by atoms with Crippen LogP contribution in [0.5, 0.6) is 17.2 Å². The van der Waals surface area contributed by atoms with E-state index in [1.807, 2.05) is 44.2 Å². The number of methoxy groups -OCH3 is 2. The number of anilines is 4. The summed E-state index contributed by atoms with van der Waals surface area (Å²) in [5, 5.41) is 14.4. The van der Waals surface area contributed by atoms with E-state index in [4.69, 9.17) is 14.2 Å². The molecule has 3 rings (SSSR count). The van der Waals surface area contributed by atoms with Gasteiger partial charge in [-0.3, -0.25) is 0 Å². The van der Waals surface area contributed by atoms with Crippen molar-refractivity contribution in [3.8, 4) is 17.2 Å². The number of nitrogens with zero attached hydrogens (tertiary/aromatic N) is 3. The van der Waals surface area contributed by atoms with Crippen LogP contribution < -0.4 is 24.8 Å². The summed E-state index contributed by atoms with van der Waals surface area (Å²) >= 11 is 0. The van der Waals surface area contributed by atoms with Gasteiger partial charge in [-0.05, 0) is 38.1 Å². The second-order valence-corrected chi connectivity index (χ2v) is 6.14. The van der Waals surface area contributed by atoms with Gasteiger partial charge in [-0.1, -0.05) is 12.1 Å². The van der Waals surface area contributed by atoms with Gasteiger partial charge < -0.3 is 24.8 Å². The topological polar surface area (TPSA) is 90.4 Å². The van der Waals surface area contributed by atoms with E-state index in [1.54, 1.807) is 32.5 Å². The molecule has 0 aliphatic rings. The van der Waals surface area contributed by atoms with Crippen LogP contribution in [0.15, 0.2) is 48.7 Å². The molecule has 28 heavy (non-hydrogen) atoms. The summed E-state index contributed by atoms with van der Waals surface area (Å²) in [6.45, 7) is 3.96. The third kappa shape index (κ3) is 4.79. The van der Waals surface area contributed by atoms with E-state index in [9.17, 15) is 0 Å². The molecule has 8 heteroatoms. The predicted octanol–water partition coefficient (Wildman–Crippen LogP) is 4.16. The van der Waals surface area contributed by atoms with Crippen molar-refractivity contribution in [3.05, 3.63) is 48.7 Å². The summed E-state index contributed by atoms with van der Waals surface area (Å²) in [4.78, 5) is 4.47. The first-order valence-electron chi connectivity index (χ1n) is 8.80. The summed E-state index contributed by atoms with van der Waals surface area (Å²) < 4.78 is 16.5. The molecule has 0 fully saturated rings. The summed E-state index contributed by atoms with van der Waals surface area (Å²) in [7, 11) is 3.20. The number of aromatic nitrogens is 3. The third-order valence-electron chi connectivity index (χ3n) is 3.72. The summed E-state index contributed by atoms with van der Waals surface area (Å²) in [5.41, 5.74) is 1.46. The maximum Gasteiger partial charge on any atom is 0.249 e. The molecule has 0 saturated heterocycles. The monoisotopic (exact) mass is 381 g/mol. The average Bonchev–Trinajstić information content (AvgIpc) is 2.69. The SMILES string of the molecule is COc1ccc(OC)c(Nc2nncc(Nc3ccccc3OC(C)C)n2)c1. The standard InChI is InChI=1S/C20H23N5O3/c1-13(2)28-18-8-6-5-7-15(18)22-19-12-21-25-20(24-19)23-16-11-14(26-3)9-10-17(16)27-4/h5-13H,1-4H3,(H2,22,23,24,25). The zero-order chi connectivity index (χ0) is 19.9. The fraction of sp³-hybridized carbons (Fsp3) is 0.250. The molecule has 0 radical (unpaired) electrons. The van der Waals surface area contributed by atoms with E-state index >= 15 is 0 Å². The Morgan fingerprint density at radius 2 is 1.71 bits per heavy atom. The van der Waals surface area contributed by atoms with E-state index in [2.05, 4.69) is 25.8 Å². The lowest BCUT2D eigenvalue weighted by atomic mass is 10.2. The van der Waals surface area contributed by atoms with Crippen LogP contribution in [0.3, 0.4) is 0 Å². The van der Waals surface area contributed by atoms with Crippen molar-refractivity contribution in [3.63, 3.8) is 0 Å².